The quantitative estimate of drug-likeness (QED) is 0.416. The van der Waals surface area contributed by atoms with Gasteiger partial charge in [-0.05, 0) is 54.7 Å². The topological polar surface area (TPSA) is 0 Å². The van der Waals surface area contributed by atoms with E-state index in [2.05, 4.69) is 120 Å². The third kappa shape index (κ3) is 2.96. The first kappa shape index (κ1) is 19.7. The summed E-state index contributed by atoms with van der Waals surface area (Å²) in [4.78, 5) is 0. The predicted molar refractivity (Wildman–Crippen MR) is 129 cm³/mol. The number of allylic oxidation sites excluding steroid dienone is 4. The highest BCUT2D eigenvalue weighted by atomic mass is 28.3. The highest BCUT2D eigenvalue weighted by Gasteiger charge is 2.48. The number of aryl methyl sites for hydroxylation is 1. The molecule has 4 rings (SSSR count). The molecule has 29 heavy (non-hydrogen) atoms. The molecule has 0 aromatic heterocycles. The summed E-state index contributed by atoms with van der Waals surface area (Å²) in [6.07, 6.45) is 0. The Kier molecular flexibility index (Phi) is 5.18. The lowest BCUT2D eigenvalue weighted by molar-refractivity contribution is 0.851. The summed E-state index contributed by atoms with van der Waals surface area (Å²) in [5.41, 5.74) is 5.89. The molecular weight excluding hydrogens is 364 g/mol. The van der Waals surface area contributed by atoms with Gasteiger partial charge in [0.25, 0.3) is 0 Å². The second-order valence-electron chi connectivity index (χ2n) is 8.37. The first-order valence-corrected chi connectivity index (χ1v) is 12.6. The van der Waals surface area contributed by atoms with Crippen molar-refractivity contribution in [2.45, 2.75) is 34.6 Å². The zero-order valence-electron chi connectivity index (χ0n) is 18.2. The molecule has 1 heteroatoms. The predicted octanol–water partition coefficient (Wildman–Crippen LogP) is 5.31. The SMILES string of the molecule is CC1=C(C)C(C)C([Si](c2ccccc2)(c2ccccc2)c2ccccc2C)=C1C. The van der Waals surface area contributed by atoms with E-state index in [9.17, 15) is 0 Å². The molecule has 0 spiro atoms. The van der Waals surface area contributed by atoms with Crippen molar-refractivity contribution < 1.29 is 0 Å². The van der Waals surface area contributed by atoms with Crippen LogP contribution in [0, 0.1) is 12.8 Å². The second-order valence-corrected chi connectivity index (χ2v) is 12.1. The van der Waals surface area contributed by atoms with Gasteiger partial charge in [-0.25, -0.2) is 0 Å². The van der Waals surface area contributed by atoms with Crippen LogP contribution < -0.4 is 15.6 Å². The summed E-state index contributed by atoms with van der Waals surface area (Å²) in [6.45, 7) is 11.7. The number of hydrogen-bond acceptors (Lipinski definition) is 0. The lowest BCUT2D eigenvalue weighted by atomic mass is 10.1. The van der Waals surface area contributed by atoms with Crippen molar-refractivity contribution in [3.63, 3.8) is 0 Å². The van der Waals surface area contributed by atoms with Crippen LogP contribution in [0.1, 0.15) is 33.3 Å². The Morgan fingerprint density at radius 2 is 1.07 bits per heavy atom. The summed E-state index contributed by atoms with van der Waals surface area (Å²) in [5.74, 6) is 0.460. The second kappa shape index (κ2) is 7.65. The van der Waals surface area contributed by atoms with Crippen molar-refractivity contribution in [2.75, 3.05) is 0 Å². The van der Waals surface area contributed by atoms with Crippen molar-refractivity contribution in [3.05, 3.63) is 112 Å². The van der Waals surface area contributed by atoms with Gasteiger partial charge in [-0.15, -0.1) is 0 Å². The van der Waals surface area contributed by atoms with Crippen LogP contribution in [-0.4, -0.2) is 8.07 Å². The van der Waals surface area contributed by atoms with Gasteiger partial charge in [0.2, 0.25) is 0 Å². The van der Waals surface area contributed by atoms with Crippen molar-refractivity contribution >= 4 is 23.6 Å². The molecule has 0 saturated carbocycles. The van der Waals surface area contributed by atoms with E-state index < -0.39 is 8.07 Å². The van der Waals surface area contributed by atoms with E-state index in [1.165, 1.54) is 37.8 Å². The molecule has 0 amide bonds. The fourth-order valence-electron chi connectivity index (χ4n) is 5.27. The Balaban J connectivity index is 2.19. The van der Waals surface area contributed by atoms with Crippen LogP contribution >= 0.6 is 0 Å². The van der Waals surface area contributed by atoms with E-state index in [4.69, 9.17) is 0 Å². The minimum absolute atomic E-state index is 0.460. The van der Waals surface area contributed by atoms with E-state index in [0.717, 1.165) is 0 Å². The van der Waals surface area contributed by atoms with Crippen molar-refractivity contribution in [3.8, 4) is 0 Å². The number of hydrogen-bond donors (Lipinski definition) is 0. The third-order valence-electron chi connectivity index (χ3n) is 7.01. The number of rotatable bonds is 4. The van der Waals surface area contributed by atoms with Crippen LogP contribution in [0.15, 0.2) is 107 Å². The first-order valence-electron chi connectivity index (χ1n) is 10.6. The molecule has 1 aliphatic rings. The Bertz CT molecular complexity index is 1050. The minimum atomic E-state index is -2.41. The molecule has 0 fully saturated rings. The maximum atomic E-state index is 2.41. The molecule has 0 bridgehead atoms. The maximum Gasteiger partial charge on any atom is 0.176 e. The van der Waals surface area contributed by atoms with Gasteiger partial charge in [0.15, 0.2) is 8.07 Å². The van der Waals surface area contributed by atoms with Crippen molar-refractivity contribution in [1.82, 2.24) is 0 Å². The van der Waals surface area contributed by atoms with Gasteiger partial charge in [-0.3, -0.25) is 0 Å². The van der Waals surface area contributed by atoms with E-state index >= 15 is 0 Å². The van der Waals surface area contributed by atoms with Crippen LogP contribution in [-0.2, 0) is 0 Å². The summed E-state index contributed by atoms with van der Waals surface area (Å²) in [6, 6.07) is 31.6. The zero-order valence-corrected chi connectivity index (χ0v) is 19.2. The Labute approximate surface area is 176 Å². The summed E-state index contributed by atoms with van der Waals surface area (Å²) >= 11 is 0. The van der Waals surface area contributed by atoms with E-state index in [1.807, 2.05) is 0 Å². The van der Waals surface area contributed by atoms with Crippen molar-refractivity contribution in [2.24, 2.45) is 5.92 Å². The largest absolute Gasteiger partial charge is 0.176 e. The monoisotopic (exact) mass is 394 g/mol. The Morgan fingerprint density at radius 3 is 1.52 bits per heavy atom. The standard InChI is InChI=1S/C28H30Si/c1-20-14-12-13-19-27(20)29(25-15-8-6-9-16-25,26-17-10-7-11-18-26)28-23(4)21(2)22(3)24(28)5/h6-19,23H,1-5H3. The smallest absolute Gasteiger partial charge is 0.0636 e. The molecular formula is C28H30Si. The first-order chi connectivity index (χ1) is 14.0. The normalized spacial score (nSPS) is 17.2. The molecule has 3 aromatic rings. The molecule has 0 heterocycles. The highest BCUT2D eigenvalue weighted by Crippen LogP contribution is 2.41. The average molecular weight is 395 g/mol. The molecule has 0 aliphatic heterocycles. The fraction of sp³-hybridized carbons (Fsp3) is 0.214. The van der Waals surface area contributed by atoms with E-state index in [0.29, 0.717) is 5.92 Å². The molecule has 146 valence electrons. The molecule has 0 saturated heterocycles. The van der Waals surface area contributed by atoms with Gasteiger partial charge in [0.05, 0.1) is 0 Å². The van der Waals surface area contributed by atoms with Gasteiger partial charge in [-0.2, -0.15) is 0 Å². The summed E-state index contributed by atoms with van der Waals surface area (Å²) in [7, 11) is -2.41. The van der Waals surface area contributed by atoms with Gasteiger partial charge >= 0.3 is 0 Å². The van der Waals surface area contributed by atoms with Gasteiger partial charge in [0, 0.05) is 0 Å². The minimum Gasteiger partial charge on any atom is -0.0636 e. The fourth-order valence-corrected chi connectivity index (χ4v) is 11.2. The van der Waals surface area contributed by atoms with Crippen LogP contribution in [0.2, 0.25) is 0 Å². The molecule has 1 unspecified atom stereocenters. The van der Waals surface area contributed by atoms with Crippen molar-refractivity contribution in [1.29, 1.82) is 0 Å². The summed E-state index contributed by atoms with van der Waals surface area (Å²) in [5, 5.41) is 6.12. The molecule has 0 nitrogen and oxygen atoms in total. The highest BCUT2D eigenvalue weighted by molar-refractivity contribution is 7.16. The van der Waals surface area contributed by atoms with Crippen LogP contribution in [0.4, 0.5) is 0 Å². The average Bonchev–Trinajstić information content (AvgIpc) is 2.95. The van der Waals surface area contributed by atoms with Crippen LogP contribution in [0.5, 0.6) is 0 Å². The van der Waals surface area contributed by atoms with Gasteiger partial charge in [-0.1, -0.05) is 114 Å². The lowest BCUT2D eigenvalue weighted by Gasteiger charge is -2.39. The summed E-state index contributed by atoms with van der Waals surface area (Å²) < 4.78 is 0. The lowest BCUT2D eigenvalue weighted by Crippen LogP contribution is -2.70. The van der Waals surface area contributed by atoms with E-state index in [1.54, 1.807) is 5.20 Å². The molecule has 3 aromatic carbocycles. The molecule has 0 radical (unpaired) electrons. The van der Waals surface area contributed by atoms with Gasteiger partial charge < -0.3 is 0 Å². The third-order valence-corrected chi connectivity index (χ3v) is 12.4. The van der Waals surface area contributed by atoms with Crippen LogP contribution in [0.3, 0.4) is 0 Å². The van der Waals surface area contributed by atoms with E-state index in [-0.39, 0.29) is 0 Å². The molecule has 1 aliphatic carbocycles. The molecule has 1 atom stereocenters. The Hall–Kier alpha value is -2.64. The Morgan fingerprint density at radius 1 is 0.586 bits per heavy atom. The van der Waals surface area contributed by atoms with Gasteiger partial charge in [0.1, 0.15) is 0 Å². The number of benzene rings is 3. The zero-order chi connectivity index (χ0) is 20.6. The van der Waals surface area contributed by atoms with Crippen LogP contribution in [0.25, 0.3) is 0 Å². The maximum absolute atomic E-state index is 2.41. The molecule has 0 N–H and O–H groups in total.